The minimum atomic E-state index is -0.531. The SMILES string of the molecule is O=C(OCc1ccccc1)c1ccc2c(c1)c1cc(C(=O)OCc3ccccc3)ccc1n2-c1nc(-c2ccccc2-n2c3ccccc3c3ccccc32)nc(-c2ccccc2-n2c3ccc(C(=O)OCc4ccccc4)cc3c3cc(C(=O)OCc4ccccc4)ccc32)n1. The molecular weight excluding hydrogens is 1210 g/mol. The van der Waals surface area contributed by atoms with Gasteiger partial charge in [-0.1, -0.05) is 182 Å². The van der Waals surface area contributed by atoms with Crippen LogP contribution in [0.5, 0.6) is 0 Å². The van der Waals surface area contributed by atoms with Crippen molar-refractivity contribution in [3.8, 4) is 40.1 Å². The number of esters is 4. The van der Waals surface area contributed by atoms with E-state index in [0.717, 1.165) is 49.7 Å². The Morgan fingerprint density at radius 1 is 0.258 bits per heavy atom. The molecule has 0 atom stereocenters. The minimum Gasteiger partial charge on any atom is -0.457 e. The highest BCUT2D eigenvalue weighted by molar-refractivity contribution is 6.15. The molecule has 12 aromatic carbocycles. The van der Waals surface area contributed by atoms with Gasteiger partial charge in [0.1, 0.15) is 26.4 Å². The maximum absolute atomic E-state index is 14.1. The number of fused-ring (bicyclic) bond motifs is 9. The van der Waals surface area contributed by atoms with Gasteiger partial charge in [0.2, 0.25) is 5.95 Å². The smallest absolute Gasteiger partial charge is 0.338 e. The van der Waals surface area contributed by atoms with Gasteiger partial charge in [0.05, 0.1) is 66.7 Å². The fourth-order valence-corrected chi connectivity index (χ4v) is 12.9. The summed E-state index contributed by atoms with van der Waals surface area (Å²) in [4.78, 5) is 72.9. The van der Waals surface area contributed by atoms with Gasteiger partial charge in [-0.2, -0.15) is 9.97 Å². The Balaban J connectivity index is 0.899. The highest BCUT2D eigenvalue weighted by Gasteiger charge is 2.26. The van der Waals surface area contributed by atoms with Gasteiger partial charge in [-0.15, -0.1) is 0 Å². The zero-order chi connectivity index (χ0) is 65.3. The number of nitrogens with zero attached hydrogens (tertiary/aromatic N) is 6. The molecule has 0 unspecified atom stereocenters. The summed E-state index contributed by atoms with van der Waals surface area (Å²) in [6.45, 7) is 0.283. The van der Waals surface area contributed by atoms with Gasteiger partial charge in [-0.05, 0) is 131 Å². The summed E-state index contributed by atoms with van der Waals surface area (Å²) in [6.07, 6.45) is 0. The lowest BCUT2D eigenvalue weighted by Gasteiger charge is -2.17. The van der Waals surface area contributed by atoms with Gasteiger partial charge in [0.25, 0.3) is 0 Å². The Bertz CT molecular complexity index is 5470. The van der Waals surface area contributed by atoms with Gasteiger partial charge in [-0.3, -0.25) is 4.57 Å². The van der Waals surface area contributed by atoms with Crippen LogP contribution < -0.4 is 0 Å². The molecule has 16 aromatic rings. The molecule has 0 radical (unpaired) electrons. The monoisotopic (exact) mass is 1260 g/mol. The maximum atomic E-state index is 14.1. The third kappa shape index (κ3) is 11.3. The molecule has 0 saturated heterocycles. The molecule has 0 fully saturated rings. The molecule has 466 valence electrons. The van der Waals surface area contributed by atoms with Crippen molar-refractivity contribution in [1.82, 2.24) is 28.7 Å². The molecule has 16 rings (SSSR count). The first-order chi connectivity index (χ1) is 47.8. The first kappa shape index (κ1) is 59.0. The molecule has 4 aromatic heterocycles. The predicted molar refractivity (Wildman–Crippen MR) is 376 cm³/mol. The van der Waals surface area contributed by atoms with Crippen molar-refractivity contribution in [3.05, 3.63) is 336 Å². The van der Waals surface area contributed by atoms with Gasteiger partial charge < -0.3 is 28.1 Å². The Hall–Kier alpha value is -13.1. The maximum Gasteiger partial charge on any atom is 0.338 e. The van der Waals surface area contributed by atoms with Crippen LogP contribution in [-0.4, -0.2) is 52.5 Å². The van der Waals surface area contributed by atoms with E-state index in [1.165, 1.54) is 0 Å². The zero-order valence-electron chi connectivity index (χ0n) is 52.0. The van der Waals surface area contributed by atoms with Crippen LogP contribution in [0.2, 0.25) is 0 Å². The highest BCUT2D eigenvalue weighted by atomic mass is 16.5. The quantitative estimate of drug-likeness (QED) is 0.0631. The fraction of sp³-hybridized carbons (Fsp3) is 0.0482. The molecule has 97 heavy (non-hydrogen) atoms. The molecular formula is C83H56N6O8. The molecule has 0 spiro atoms. The lowest BCUT2D eigenvalue weighted by Crippen LogP contribution is -2.09. The molecule has 0 aliphatic heterocycles. The summed E-state index contributed by atoms with van der Waals surface area (Å²) >= 11 is 0. The molecule has 0 N–H and O–H groups in total. The summed E-state index contributed by atoms with van der Waals surface area (Å²) in [7, 11) is 0. The predicted octanol–water partition coefficient (Wildman–Crippen LogP) is 17.9. The number of benzene rings is 12. The van der Waals surface area contributed by atoms with Crippen LogP contribution in [0, 0.1) is 0 Å². The molecule has 14 heteroatoms. The van der Waals surface area contributed by atoms with Crippen LogP contribution in [0.3, 0.4) is 0 Å². The van der Waals surface area contributed by atoms with Crippen molar-refractivity contribution in [2.75, 3.05) is 0 Å². The largest absolute Gasteiger partial charge is 0.457 e. The van der Waals surface area contributed by atoms with E-state index in [1.54, 1.807) is 48.5 Å². The molecule has 0 amide bonds. The number of carbonyl (C=O) groups excluding carboxylic acids is 4. The van der Waals surface area contributed by atoms with Crippen molar-refractivity contribution in [2.45, 2.75) is 26.4 Å². The zero-order valence-corrected chi connectivity index (χ0v) is 52.0. The van der Waals surface area contributed by atoms with E-state index in [9.17, 15) is 19.2 Å². The number of ether oxygens (including phenoxy) is 4. The Morgan fingerprint density at radius 3 is 0.856 bits per heavy atom. The van der Waals surface area contributed by atoms with Crippen LogP contribution in [0.15, 0.2) is 291 Å². The first-order valence-electron chi connectivity index (χ1n) is 31.7. The molecule has 4 heterocycles. The van der Waals surface area contributed by atoms with Gasteiger partial charge in [0, 0.05) is 43.4 Å². The Kier molecular flexibility index (Phi) is 15.5. The van der Waals surface area contributed by atoms with Crippen LogP contribution in [0.4, 0.5) is 0 Å². The summed E-state index contributed by atoms with van der Waals surface area (Å²) in [6, 6.07) is 92.1. The minimum absolute atomic E-state index is 0.0646. The van der Waals surface area contributed by atoms with E-state index < -0.39 is 23.9 Å². The van der Waals surface area contributed by atoms with E-state index in [-0.39, 0.29) is 32.4 Å². The second kappa shape index (κ2) is 25.4. The fourth-order valence-electron chi connectivity index (χ4n) is 12.9. The van der Waals surface area contributed by atoms with Crippen molar-refractivity contribution in [3.63, 3.8) is 0 Å². The van der Waals surface area contributed by atoms with Gasteiger partial charge >= 0.3 is 23.9 Å². The Morgan fingerprint density at radius 2 is 0.526 bits per heavy atom. The first-order valence-corrected chi connectivity index (χ1v) is 31.7. The number of para-hydroxylation sites is 4. The van der Waals surface area contributed by atoms with E-state index in [1.807, 2.05) is 217 Å². The van der Waals surface area contributed by atoms with Crippen LogP contribution >= 0.6 is 0 Å². The molecule has 0 aliphatic carbocycles. The molecule has 0 bridgehead atoms. The topological polar surface area (TPSA) is 159 Å². The van der Waals surface area contributed by atoms with E-state index >= 15 is 0 Å². The summed E-state index contributed by atoms with van der Waals surface area (Å²) in [5, 5.41) is 4.74. The van der Waals surface area contributed by atoms with Crippen molar-refractivity contribution < 1.29 is 38.1 Å². The van der Waals surface area contributed by atoms with Crippen LogP contribution in [0.25, 0.3) is 106 Å². The van der Waals surface area contributed by atoms with Crippen molar-refractivity contribution >= 4 is 89.3 Å². The van der Waals surface area contributed by atoms with Gasteiger partial charge in [0.15, 0.2) is 11.6 Å². The lowest BCUT2D eigenvalue weighted by molar-refractivity contribution is 0.0464. The molecule has 0 aliphatic rings. The number of carbonyl (C=O) groups is 4. The lowest BCUT2D eigenvalue weighted by atomic mass is 10.1. The molecule has 0 saturated carbocycles. The van der Waals surface area contributed by atoms with Gasteiger partial charge in [-0.25, -0.2) is 24.2 Å². The van der Waals surface area contributed by atoms with E-state index in [2.05, 4.69) is 39.5 Å². The number of hydrogen-bond acceptors (Lipinski definition) is 11. The highest BCUT2D eigenvalue weighted by Crippen LogP contribution is 2.41. The Labute approximate surface area is 555 Å². The number of rotatable bonds is 17. The summed E-state index contributed by atoms with van der Waals surface area (Å²) in [5.74, 6) is -1.23. The normalized spacial score (nSPS) is 11.4. The summed E-state index contributed by atoms with van der Waals surface area (Å²) in [5.41, 5.74) is 12.0. The van der Waals surface area contributed by atoms with Crippen molar-refractivity contribution in [1.29, 1.82) is 0 Å². The van der Waals surface area contributed by atoms with E-state index in [4.69, 9.17) is 33.9 Å². The second-order valence-corrected chi connectivity index (χ2v) is 23.5. The second-order valence-electron chi connectivity index (χ2n) is 23.5. The van der Waals surface area contributed by atoms with Crippen molar-refractivity contribution in [2.24, 2.45) is 0 Å². The average molecular weight is 1270 g/mol. The summed E-state index contributed by atoms with van der Waals surface area (Å²) < 4.78 is 29.9. The molecule has 14 nitrogen and oxygen atoms in total. The van der Waals surface area contributed by atoms with Crippen LogP contribution in [0.1, 0.15) is 63.7 Å². The third-order valence-electron chi connectivity index (χ3n) is 17.5. The number of hydrogen-bond donors (Lipinski definition) is 0. The standard InChI is InChI=1S/C83H56N6O8/c90-79(94-49-53-21-5-1-6-22-53)57-37-41-73-65(45-57)66-46-58(80(91)95-50-54-23-7-2-8-24-54)38-42-74(66)88(73)72-36-20-16-32-64(72)78-84-77(63-31-15-19-35-71(63)87-69-33-17-13-29-61(69)62-30-14-18-34-70(62)87)85-83(86-78)89-75-43-39-59(81(92)96-51-55-25-9-3-10-26-55)47-67(75)68-48-60(40-44-76(68)89)82(93)97-52-56-27-11-4-12-28-56/h1-48H,49-52H2. The van der Waals surface area contributed by atoms with Crippen LogP contribution in [-0.2, 0) is 45.4 Å². The third-order valence-corrected chi connectivity index (χ3v) is 17.5. The number of aromatic nitrogens is 6. The van der Waals surface area contributed by atoms with E-state index in [0.29, 0.717) is 94.3 Å². The average Bonchev–Trinajstić information content (AvgIpc) is 1.61.